The van der Waals surface area contributed by atoms with Crippen LogP contribution in [0.5, 0.6) is 0 Å². The van der Waals surface area contributed by atoms with Crippen LogP contribution in [0.3, 0.4) is 0 Å². The summed E-state index contributed by atoms with van der Waals surface area (Å²) >= 11 is 0. The molecule has 1 aromatic heterocycles. The summed E-state index contributed by atoms with van der Waals surface area (Å²) in [6, 6.07) is 10.1. The fourth-order valence-corrected chi connectivity index (χ4v) is 2.58. The van der Waals surface area contributed by atoms with Crippen LogP contribution in [0, 0.1) is 0 Å². The third-order valence-corrected chi connectivity index (χ3v) is 4.09. The van der Waals surface area contributed by atoms with Gasteiger partial charge in [-0.1, -0.05) is 0 Å². The molecule has 2 aromatic rings. The molecule has 1 heterocycles. The van der Waals surface area contributed by atoms with Crippen molar-refractivity contribution in [2.24, 2.45) is 0 Å². The molecule has 0 saturated heterocycles. The van der Waals surface area contributed by atoms with Crippen LogP contribution in [-0.2, 0) is 16.6 Å². The molecule has 0 unspecified atom stereocenters. The van der Waals surface area contributed by atoms with Crippen molar-refractivity contribution in [3.63, 3.8) is 0 Å². The summed E-state index contributed by atoms with van der Waals surface area (Å²) < 4.78 is 26.7. The first-order chi connectivity index (χ1) is 9.12. The Morgan fingerprint density at radius 1 is 1.05 bits per heavy atom. The van der Waals surface area contributed by atoms with Crippen LogP contribution in [0.2, 0.25) is 0 Å². The lowest BCUT2D eigenvalue weighted by atomic mass is 10.3. The zero-order valence-electron chi connectivity index (χ0n) is 10.5. The van der Waals surface area contributed by atoms with E-state index in [1.54, 1.807) is 55.8 Å². The Morgan fingerprint density at radius 2 is 1.68 bits per heavy atom. The van der Waals surface area contributed by atoms with Crippen molar-refractivity contribution in [3.8, 4) is 0 Å². The fourth-order valence-electron chi connectivity index (χ4n) is 1.56. The van der Waals surface area contributed by atoms with E-state index in [4.69, 9.17) is 0 Å². The zero-order valence-corrected chi connectivity index (χ0v) is 11.3. The summed E-state index contributed by atoms with van der Waals surface area (Å²) in [6.07, 6.45) is 3.26. The first kappa shape index (κ1) is 13.5. The van der Waals surface area contributed by atoms with Gasteiger partial charge in [0, 0.05) is 31.7 Å². The number of pyridine rings is 1. The Hall–Kier alpha value is -1.92. The maximum absolute atomic E-state index is 12.1. The van der Waals surface area contributed by atoms with Gasteiger partial charge >= 0.3 is 0 Å². The van der Waals surface area contributed by atoms with Gasteiger partial charge in [0.15, 0.2) is 0 Å². The van der Waals surface area contributed by atoms with Gasteiger partial charge in [0.2, 0.25) is 10.0 Å². The molecule has 0 aliphatic heterocycles. The van der Waals surface area contributed by atoms with Crippen LogP contribution in [-0.4, -0.2) is 20.4 Å². The Labute approximate surface area is 112 Å². The molecule has 6 heteroatoms. The molecular formula is C13H15N3O2S. The number of nitrogens with one attached hydrogen (secondary N) is 2. The Morgan fingerprint density at radius 3 is 2.26 bits per heavy atom. The molecule has 5 nitrogen and oxygen atoms in total. The van der Waals surface area contributed by atoms with Gasteiger partial charge in [-0.05, 0) is 42.0 Å². The fraction of sp³-hybridized carbons (Fsp3) is 0.154. The van der Waals surface area contributed by atoms with Crippen molar-refractivity contribution >= 4 is 15.7 Å². The molecule has 2 rings (SSSR count). The molecule has 0 amide bonds. The number of rotatable bonds is 5. The Bertz CT molecular complexity index is 625. The minimum atomic E-state index is -3.48. The molecule has 1 aromatic carbocycles. The minimum absolute atomic E-state index is 0.249. The number of aromatic nitrogens is 1. The van der Waals surface area contributed by atoms with Gasteiger partial charge < -0.3 is 5.32 Å². The van der Waals surface area contributed by atoms with E-state index in [1.807, 2.05) is 0 Å². The largest absolute Gasteiger partial charge is 0.388 e. The number of hydrogen-bond donors (Lipinski definition) is 2. The highest BCUT2D eigenvalue weighted by Crippen LogP contribution is 2.13. The van der Waals surface area contributed by atoms with Gasteiger partial charge in [-0.3, -0.25) is 4.98 Å². The molecule has 0 radical (unpaired) electrons. The third kappa shape index (κ3) is 3.52. The van der Waals surface area contributed by atoms with E-state index in [0.717, 1.165) is 11.3 Å². The maximum atomic E-state index is 12.1. The molecule has 2 N–H and O–H groups in total. The van der Waals surface area contributed by atoms with E-state index < -0.39 is 10.0 Å². The van der Waals surface area contributed by atoms with Gasteiger partial charge in [-0.15, -0.1) is 0 Å². The molecule has 0 saturated carbocycles. The molecule has 0 atom stereocenters. The maximum Gasteiger partial charge on any atom is 0.240 e. The van der Waals surface area contributed by atoms with Gasteiger partial charge in [0.1, 0.15) is 0 Å². The highest BCUT2D eigenvalue weighted by atomic mass is 32.2. The second kappa shape index (κ2) is 5.81. The summed E-state index contributed by atoms with van der Waals surface area (Å²) in [5.74, 6) is 0. The number of sulfonamides is 1. The van der Waals surface area contributed by atoms with Crippen molar-refractivity contribution in [3.05, 3.63) is 54.4 Å². The molecule has 0 fully saturated rings. The lowest BCUT2D eigenvalue weighted by Crippen LogP contribution is -2.23. The molecular weight excluding hydrogens is 262 g/mol. The van der Waals surface area contributed by atoms with Gasteiger partial charge in [-0.25, -0.2) is 13.1 Å². The third-order valence-electron chi connectivity index (χ3n) is 2.67. The molecule has 0 spiro atoms. The Balaban J connectivity index is 2.09. The molecule has 0 bridgehead atoms. The monoisotopic (exact) mass is 277 g/mol. The lowest BCUT2D eigenvalue weighted by molar-refractivity contribution is 0.581. The SMILES string of the molecule is CNc1ccc(S(=O)(=O)NCc2ccncc2)cc1. The zero-order chi connectivity index (χ0) is 13.7. The van der Waals surface area contributed by atoms with E-state index >= 15 is 0 Å². The number of hydrogen-bond acceptors (Lipinski definition) is 4. The van der Waals surface area contributed by atoms with Crippen molar-refractivity contribution in [2.45, 2.75) is 11.4 Å². The second-order valence-electron chi connectivity index (χ2n) is 3.95. The predicted octanol–water partition coefficient (Wildman–Crippen LogP) is 1.60. The van der Waals surface area contributed by atoms with E-state index in [1.165, 1.54) is 0 Å². The minimum Gasteiger partial charge on any atom is -0.388 e. The summed E-state index contributed by atoms with van der Waals surface area (Å²) in [5, 5.41) is 2.94. The topological polar surface area (TPSA) is 71.1 Å². The van der Waals surface area contributed by atoms with Crippen molar-refractivity contribution in [1.82, 2.24) is 9.71 Å². The molecule has 0 aliphatic carbocycles. The van der Waals surface area contributed by atoms with E-state index in [-0.39, 0.29) is 11.4 Å². The summed E-state index contributed by atoms with van der Waals surface area (Å²) in [5.41, 5.74) is 1.73. The molecule has 0 aliphatic rings. The van der Waals surface area contributed by atoms with Gasteiger partial charge in [0.25, 0.3) is 0 Å². The van der Waals surface area contributed by atoms with Crippen molar-refractivity contribution in [2.75, 3.05) is 12.4 Å². The summed E-state index contributed by atoms with van der Waals surface area (Å²) in [4.78, 5) is 4.13. The van der Waals surface area contributed by atoms with Crippen LogP contribution in [0.15, 0.2) is 53.7 Å². The number of anilines is 1. The van der Waals surface area contributed by atoms with E-state index in [2.05, 4.69) is 15.0 Å². The average molecular weight is 277 g/mol. The van der Waals surface area contributed by atoms with Crippen LogP contribution in [0.25, 0.3) is 0 Å². The van der Waals surface area contributed by atoms with Crippen LogP contribution in [0.4, 0.5) is 5.69 Å². The van der Waals surface area contributed by atoms with Crippen LogP contribution in [0.1, 0.15) is 5.56 Å². The highest BCUT2D eigenvalue weighted by molar-refractivity contribution is 7.89. The number of benzene rings is 1. The van der Waals surface area contributed by atoms with Crippen LogP contribution < -0.4 is 10.0 Å². The van der Waals surface area contributed by atoms with Crippen LogP contribution >= 0.6 is 0 Å². The first-order valence-electron chi connectivity index (χ1n) is 5.78. The molecule has 100 valence electrons. The van der Waals surface area contributed by atoms with Crippen molar-refractivity contribution in [1.29, 1.82) is 0 Å². The summed E-state index contributed by atoms with van der Waals surface area (Å²) in [7, 11) is -1.70. The van der Waals surface area contributed by atoms with Gasteiger partial charge in [-0.2, -0.15) is 0 Å². The highest BCUT2D eigenvalue weighted by Gasteiger charge is 2.13. The van der Waals surface area contributed by atoms with E-state index in [0.29, 0.717) is 0 Å². The second-order valence-corrected chi connectivity index (χ2v) is 5.72. The predicted molar refractivity (Wildman–Crippen MR) is 74.3 cm³/mol. The summed E-state index contributed by atoms with van der Waals surface area (Å²) in [6.45, 7) is 0.249. The smallest absolute Gasteiger partial charge is 0.240 e. The van der Waals surface area contributed by atoms with Gasteiger partial charge in [0.05, 0.1) is 4.90 Å². The molecule has 19 heavy (non-hydrogen) atoms. The quantitative estimate of drug-likeness (QED) is 0.871. The Kier molecular flexibility index (Phi) is 4.13. The first-order valence-corrected chi connectivity index (χ1v) is 7.26. The normalized spacial score (nSPS) is 11.2. The number of nitrogens with zero attached hydrogens (tertiary/aromatic N) is 1. The standard InChI is InChI=1S/C13H15N3O2S/c1-14-12-2-4-13(5-3-12)19(17,18)16-10-11-6-8-15-9-7-11/h2-9,14,16H,10H2,1H3. The average Bonchev–Trinajstić information content (AvgIpc) is 2.46. The van der Waals surface area contributed by atoms with Crippen molar-refractivity contribution < 1.29 is 8.42 Å². The lowest BCUT2D eigenvalue weighted by Gasteiger charge is -2.07. The van der Waals surface area contributed by atoms with E-state index in [9.17, 15) is 8.42 Å².